The molecule has 1 heterocycles. The van der Waals surface area contributed by atoms with Gasteiger partial charge in [0.15, 0.2) is 0 Å². The van der Waals surface area contributed by atoms with Crippen molar-refractivity contribution in [2.45, 2.75) is 31.6 Å². The lowest BCUT2D eigenvalue weighted by Gasteiger charge is -2.10. The predicted molar refractivity (Wildman–Crippen MR) is 110 cm³/mol. The van der Waals surface area contributed by atoms with Crippen LogP contribution in [-0.2, 0) is 16.4 Å². The van der Waals surface area contributed by atoms with Gasteiger partial charge in [-0.3, -0.25) is 14.8 Å². The monoisotopic (exact) mass is 434 g/mol. The number of sulfonamides is 1. The largest absolute Gasteiger partial charge is 0.296 e. The fraction of sp³-hybridized carbons (Fsp3) is 0.211. The van der Waals surface area contributed by atoms with E-state index >= 15 is 0 Å². The van der Waals surface area contributed by atoms with Crippen molar-refractivity contribution >= 4 is 38.1 Å². The van der Waals surface area contributed by atoms with E-state index in [1.54, 1.807) is 19.1 Å². The lowest BCUT2D eigenvalue weighted by atomic mass is 10.2. The van der Waals surface area contributed by atoms with E-state index in [4.69, 9.17) is 0 Å². The number of nitrogens with zero attached hydrogens (tertiary/aromatic N) is 2. The minimum Gasteiger partial charge on any atom is -0.296 e. The molecule has 0 atom stereocenters. The highest BCUT2D eigenvalue weighted by atomic mass is 32.2. The molecule has 0 saturated heterocycles. The van der Waals surface area contributed by atoms with Gasteiger partial charge in [0.25, 0.3) is 15.9 Å². The lowest BCUT2D eigenvalue weighted by molar-refractivity contribution is 0.102. The van der Waals surface area contributed by atoms with Crippen molar-refractivity contribution in [3.8, 4) is 0 Å². The van der Waals surface area contributed by atoms with Crippen LogP contribution < -0.4 is 10.0 Å². The quantitative estimate of drug-likeness (QED) is 0.586. The number of hydrogen-bond acceptors (Lipinski definition) is 6. The molecule has 0 unspecified atom stereocenters. The van der Waals surface area contributed by atoms with Crippen LogP contribution >= 0.6 is 11.3 Å². The van der Waals surface area contributed by atoms with Crippen LogP contribution in [0, 0.1) is 12.7 Å². The van der Waals surface area contributed by atoms with Crippen LogP contribution in [0.5, 0.6) is 0 Å². The van der Waals surface area contributed by atoms with E-state index < -0.39 is 21.7 Å². The SMILES string of the molecule is CCCc1nnc(NC(=O)c2cccc(NS(=O)(=O)c3ccc(C)c(F)c3)c2)s1. The van der Waals surface area contributed by atoms with Crippen molar-refractivity contribution in [2.75, 3.05) is 10.0 Å². The summed E-state index contributed by atoms with van der Waals surface area (Å²) in [5, 5.41) is 11.8. The molecule has 0 saturated carbocycles. The fourth-order valence-corrected chi connectivity index (χ4v) is 4.36. The molecular formula is C19H19FN4O3S2. The topological polar surface area (TPSA) is 101 Å². The van der Waals surface area contributed by atoms with E-state index in [-0.39, 0.29) is 16.1 Å². The maximum Gasteiger partial charge on any atom is 0.261 e. The molecule has 0 aliphatic carbocycles. The van der Waals surface area contributed by atoms with Crippen molar-refractivity contribution in [3.63, 3.8) is 0 Å². The minimum atomic E-state index is -4.00. The van der Waals surface area contributed by atoms with Crippen LogP contribution in [0.4, 0.5) is 15.2 Å². The number of aryl methyl sites for hydroxylation is 2. The van der Waals surface area contributed by atoms with Gasteiger partial charge in [-0.15, -0.1) is 10.2 Å². The van der Waals surface area contributed by atoms with Gasteiger partial charge in [0.05, 0.1) is 4.90 Å². The molecule has 152 valence electrons. The molecule has 29 heavy (non-hydrogen) atoms. The summed E-state index contributed by atoms with van der Waals surface area (Å²) in [4.78, 5) is 12.3. The number of amides is 1. The molecule has 0 aliphatic rings. The first-order valence-corrected chi connectivity index (χ1v) is 11.1. The predicted octanol–water partition coefficient (Wildman–Crippen LogP) is 3.99. The van der Waals surface area contributed by atoms with Gasteiger partial charge in [0.2, 0.25) is 5.13 Å². The third-order valence-electron chi connectivity index (χ3n) is 3.98. The maximum atomic E-state index is 13.7. The Morgan fingerprint density at radius 1 is 1.17 bits per heavy atom. The molecule has 7 nitrogen and oxygen atoms in total. The lowest BCUT2D eigenvalue weighted by Crippen LogP contribution is -2.15. The molecule has 1 amide bonds. The highest BCUT2D eigenvalue weighted by Gasteiger charge is 2.17. The molecule has 0 bridgehead atoms. The van der Waals surface area contributed by atoms with Crippen molar-refractivity contribution in [2.24, 2.45) is 0 Å². The second-order valence-corrected chi connectivity index (χ2v) is 9.05. The van der Waals surface area contributed by atoms with Crippen LogP contribution in [0.3, 0.4) is 0 Å². The van der Waals surface area contributed by atoms with Gasteiger partial charge in [0.1, 0.15) is 10.8 Å². The number of carbonyl (C=O) groups excluding carboxylic acids is 1. The van der Waals surface area contributed by atoms with Crippen LogP contribution in [0.15, 0.2) is 47.4 Å². The Balaban J connectivity index is 1.76. The number of aromatic nitrogens is 2. The first-order chi connectivity index (χ1) is 13.8. The summed E-state index contributed by atoms with van der Waals surface area (Å²) in [6, 6.07) is 9.66. The molecule has 1 aromatic heterocycles. The first-order valence-electron chi connectivity index (χ1n) is 8.81. The molecule has 3 rings (SSSR count). The summed E-state index contributed by atoms with van der Waals surface area (Å²) in [5.74, 6) is -1.05. The number of hydrogen-bond donors (Lipinski definition) is 2. The number of anilines is 2. The number of benzene rings is 2. The zero-order valence-corrected chi connectivity index (χ0v) is 17.4. The van der Waals surface area contributed by atoms with E-state index in [9.17, 15) is 17.6 Å². The Kier molecular flexibility index (Phi) is 6.23. The molecule has 0 radical (unpaired) electrons. The standard InChI is InChI=1S/C19H19FN4O3S2/c1-3-5-17-22-23-19(28-17)21-18(25)13-6-4-7-14(10-13)24-29(26,27)15-9-8-12(2)16(20)11-15/h4,6-11,24H,3,5H2,1-2H3,(H,21,23,25). The summed E-state index contributed by atoms with van der Waals surface area (Å²) in [7, 11) is -4.00. The van der Waals surface area contributed by atoms with Gasteiger partial charge in [-0.25, -0.2) is 12.8 Å². The van der Waals surface area contributed by atoms with Gasteiger partial charge in [-0.05, 0) is 49.2 Å². The highest BCUT2D eigenvalue weighted by Crippen LogP contribution is 2.21. The van der Waals surface area contributed by atoms with E-state index in [0.29, 0.717) is 10.7 Å². The molecule has 10 heteroatoms. The summed E-state index contributed by atoms with van der Waals surface area (Å²) >= 11 is 1.29. The summed E-state index contributed by atoms with van der Waals surface area (Å²) in [5.41, 5.74) is 0.775. The molecule has 0 fully saturated rings. The average molecular weight is 435 g/mol. The van der Waals surface area contributed by atoms with E-state index in [2.05, 4.69) is 20.2 Å². The van der Waals surface area contributed by atoms with E-state index in [1.165, 1.54) is 35.6 Å². The first kappa shape index (κ1) is 20.9. The Labute approximate surface area is 172 Å². The molecule has 2 aromatic carbocycles. The number of halogens is 1. The van der Waals surface area contributed by atoms with E-state index in [0.717, 1.165) is 23.9 Å². The van der Waals surface area contributed by atoms with Crippen molar-refractivity contribution in [3.05, 3.63) is 64.4 Å². The average Bonchev–Trinajstić information content (AvgIpc) is 3.11. The van der Waals surface area contributed by atoms with Gasteiger partial charge >= 0.3 is 0 Å². The molecule has 0 spiro atoms. The molecule has 2 N–H and O–H groups in total. The number of nitrogens with one attached hydrogen (secondary N) is 2. The minimum absolute atomic E-state index is 0.183. The normalized spacial score (nSPS) is 11.3. The van der Waals surface area contributed by atoms with Crippen molar-refractivity contribution in [1.29, 1.82) is 0 Å². The summed E-state index contributed by atoms with van der Waals surface area (Å²) < 4.78 is 41.1. The van der Waals surface area contributed by atoms with Crippen molar-refractivity contribution in [1.82, 2.24) is 10.2 Å². The molecular weight excluding hydrogens is 415 g/mol. The van der Waals surface area contributed by atoms with Crippen LogP contribution in [0.2, 0.25) is 0 Å². The molecule has 0 aliphatic heterocycles. The third kappa shape index (κ3) is 5.15. The summed E-state index contributed by atoms with van der Waals surface area (Å²) in [6.07, 6.45) is 1.71. The van der Waals surface area contributed by atoms with Crippen LogP contribution in [0.1, 0.15) is 34.3 Å². The van der Waals surface area contributed by atoms with Gasteiger partial charge < -0.3 is 0 Å². The zero-order chi connectivity index (χ0) is 21.0. The Hall–Kier alpha value is -2.85. The van der Waals surface area contributed by atoms with Gasteiger partial charge in [0, 0.05) is 17.7 Å². The number of carbonyl (C=O) groups is 1. The highest BCUT2D eigenvalue weighted by molar-refractivity contribution is 7.92. The Morgan fingerprint density at radius 2 is 1.97 bits per heavy atom. The molecule has 3 aromatic rings. The smallest absolute Gasteiger partial charge is 0.261 e. The zero-order valence-electron chi connectivity index (χ0n) is 15.8. The van der Waals surface area contributed by atoms with Crippen LogP contribution in [0.25, 0.3) is 0 Å². The van der Waals surface area contributed by atoms with E-state index in [1.807, 2.05) is 6.92 Å². The third-order valence-corrected chi connectivity index (χ3v) is 6.26. The second-order valence-electron chi connectivity index (χ2n) is 6.30. The fourth-order valence-electron chi connectivity index (χ4n) is 2.47. The maximum absolute atomic E-state index is 13.7. The Morgan fingerprint density at radius 3 is 2.69 bits per heavy atom. The van der Waals surface area contributed by atoms with Gasteiger partial charge in [-0.2, -0.15) is 0 Å². The Bertz CT molecular complexity index is 1150. The second kappa shape index (κ2) is 8.66. The van der Waals surface area contributed by atoms with Crippen LogP contribution in [-0.4, -0.2) is 24.5 Å². The van der Waals surface area contributed by atoms with Gasteiger partial charge in [-0.1, -0.05) is 30.4 Å². The number of rotatable bonds is 7. The van der Waals surface area contributed by atoms with Crippen molar-refractivity contribution < 1.29 is 17.6 Å². The summed E-state index contributed by atoms with van der Waals surface area (Å²) in [6.45, 7) is 3.57.